The zero-order valence-electron chi connectivity index (χ0n) is 11.1. The summed E-state index contributed by atoms with van der Waals surface area (Å²) in [6, 6.07) is 15.2. The number of hydrogen-bond acceptors (Lipinski definition) is 2. The van der Waals surface area contributed by atoms with Gasteiger partial charge in [-0.25, -0.2) is 4.79 Å². The Morgan fingerprint density at radius 1 is 1.10 bits per heavy atom. The van der Waals surface area contributed by atoms with Gasteiger partial charge in [-0.1, -0.05) is 40.2 Å². The first-order valence-electron chi connectivity index (χ1n) is 6.49. The van der Waals surface area contributed by atoms with Crippen molar-refractivity contribution < 1.29 is 9.90 Å². The second kappa shape index (κ2) is 5.66. The molecule has 0 bridgehead atoms. The number of benzene rings is 2. The predicted octanol–water partition coefficient (Wildman–Crippen LogP) is 4.29. The molecule has 0 fully saturated rings. The molecule has 0 aliphatic heterocycles. The Labute approximate surface area is 130 Å². The SMILES string of the molecule is O=C(O)c1cc(Br)ccc1Cc1ccnc2ccccc12. The number of halogens is 1. The average Bonchev–Trinajstić information content (AvgIpc) is 2.49. The van der Waals surface area contributed by atoms with Gasteiger partial charge in [0.05, 0.1) is 11.1 Å². The van der Waals surface area contributed by atoms with Gasteiger partial charge in [-0.15, -0.1) is 0 Å². The van der Waals surface area contributed by atoms with Crippen molar-refractivity contribution in [3.05, 3.63) is 75.9 Å². The lowest BCUT2D eigenvalue weighted by Crippen LogP contribution is -2.03. The second-order valence-electron chi connectivity index (χ2n) is 4.77. The van der Waals surface area contributed by atoms with Crippen molar-refractivity contribution in [3.8, 4) is 0 Å². The summed E-state index contributed by atoms with van der Waals surface area (Å²) in [4.78, 5) is 15.7. The van der Waals surface area contributed by atoms with Crippen molar-refractivity contribution >= 4 is 32.8 Å². The number of rotatable bonds is 3. The van der Waals surface area contributed by atoms with Gasteiger partial charge in [-0.3, -0.25) is 4.98 Å². The highest BCUT2D eigenvalue weighted by Gasteiger charge is 2.12. The number of para-hydroxylation sites is 1. The molecule has 0 radical (unpaired) electrons. The van der Waals surface area contributed by atoms with Crippen LogP contribution in [-0.4, -0.2) is 16.1 Å². The maximum absolute atomic E-state index is 11.4. The molecule has 1 heterocycles. The summed E-state index contributed by atoms with van der Waals surface area (Å²) in [5.74, 6) is -0.912. The number of nitrogens with zero attached hydrogens (tertiary/aromatic N) is 1. The summed E-state index contributed by atoms with van der Waals surface area (Å²) in [5, 5.41) is 10.4. The summed E-state index contributed by atoms with van der Waals surface area (Å²) < 4.78 is 0.767. The van der Waals surface area contributed by atoms with E-state index in [1.54, 1.807) is 12.3 Å². The standard InChI is InChI=1S/C17H12BrNO2/c18-13-6-5-11(15(10-13)17(20)21)9-12-7-8-19-16-4-2-1-3-14(12)16/h1-8,10H,9H2,(H,20,21). The molecule has 104 valence electrons. The molecule has 2 aromatic carbocycles. The maximum atomic E-state index is 11.4. The number of aromatic carboxylic acids is 1. The van der Waals surface area contributed by atoms with Crippen molar-refractivity contribution in [3.63, 3.8) is 0 Å². The van der Waals surface area contributed by atoms with Crippen LogP contribution in [0.4, 0.5) is 0 Å². The highest BCUT2D eigenvalue weighted by atomic mass is 79.9. The Bertz CT molecular complexity index is 825. The smallest absolute Gasteiger partial charge is 0.336 e. The number of carboxylic acid groups (broad SMARTS) is 1. The van der Waals surface area contributed by atoms with Crippen LogP contribution in [0.3, 0.4) is 0 Å². The van der Waals surface area contributed by atoms with Gasteiger partial charge < -0.3 is 5.11 Å². The van der Waals surface area contributed by atoms with Gasteiger partial charge in [0.1, 0.15) is 0 Å². The lowest BCUT2D eigenvalue weighted by Gasteiger charge is -2.09. The number of fused-ring (bicyclic) bond motifs is 1. The maximum Gasteiger partial charge on any atom is 0.336 e. The van der Waals surface area contributed by atoms with Crippen LogP contribution in [0.1, 0.15) is 21.5 Å². The molecule has 4 heteroatoms. The number of carbonyl (C=O) groups is 1. The van der Waals surface area contributed by atoms with Gasteiger partial charge in [0.25, 0.3) is 0 Å². The van der Waals surface area contributed by atoms with Crippen molar-refractivity contribution in [1.29, 1.82) is 0 Å². The Hall–Kier alpha value is -2.20. The lowest BCUT2D eigenvalue weighted by atomic mass is 9.97. The zero-order valence-corrected chi connectivity index (χ0v) is 12.7. The van der Waals surface area contributed by atoms with E-state index in [0.717, 1.165) is 26.5 Å². The molecule has 0 aliphatic carbocycles. The van der Waals surface area contributed by atoms with E-state index < -0.39 is 5.97 Å². The van der Waals surface area contributed by atoms with Crippen LogP contribution in [-0.2, 0) is 6.42 Å². The summed E-state index contributed by atoms with van der Waals surface area (Å²) >= 11 is 3.32. The largest absolute Gasteiger partial charge is 0.478 e. The van der Waals surface area contributed by atoms with Crippen LogP contribution in [0.2, 0.25) is 0 Å². The first-order valence-corrected chi connectivity index (χ1v) is 7.29. The number of carboxylic acids is 1. The first-order chi connectivity index (χ1) is 10.1. The van der Waals surface area contributed by atoms with Crippen LogP contribution in [0.5, 0.6) is 0 Å². The van der Waals surface area contributed by atoms with Crippen LogP contribution >= 0.6 is 15.9 Å². The molecule has 0 aliphatic rings. The molecule has 0 saturated heterocycles. The predicted molar refractivity (Wildman–Crippen MR) is 85.7 cm³/mol. The van der Waals surface area contributed by atoms with Crippen molar-refractivity contribution in [1.82, 2.24) is 4.98 Å². The van der Waals surface area contributed by atoms with E-state index in [0.29, 0.717) is 12.0 Å². The van der Waals surface area contributed by atoms with Gasteiger partial charge in [0, 0.05) is 16.1 Å². The lowest BCUT2D eigenvalue weighted by molar-refractivity contribution is 0.0696. The Morgan fingerprint density at radius 3 is 2.71 bits per heavy atom. The van der Waals surface area contributed by atoms with Gasteiger partial charge >= 0.3 is 5.97 Å². The number of aromatic nitrogens is 1. The summed E-state index contributed by atoms with van der Waals surface area (Å²) in [6.45, 7) is 0. The van der Waals surface area contributed by atoms with Gasteiger partial charge in [-0.05, 0) is 41.8 Å². The zero-order chi connectivity index (χ0) is 14.8. The molecular weight excluding hydrogens is 330 g/mol. The molecule has 3 nitrogen and oxygen atoms in total. The summed E-state index contributed by atoms with van der Waals surface area (Å²) in [6.07, 6.45) is 2.33. The molecule has 1 aromatic heterocycles. The fourth-order valence-electron chi connectivity index (χ4n) is 2.42. The molecule has 3 rings (SSSR count). The van der Waals surface area contributed by atoms with Crippen LogP contribution in [0, 0.1) is 0 Å². The minimum absolute atomic E-state index is 0.324. The van der Waals surface area contributed by atoms with E-state index in [1.807, 2.05) is 42.5 Å². The fraction of sp³-hybridized carbons (Fsp3) is 0.0588. The molecule has 0 saturated carbocycles. The molecule has 0 amide bonds. The molecule has 0 spiro atoms. The van der Waals surface area contributed by atoms with Gasteiger partial charge in [0.2, 0.25) is 0 Å². The molecular formula is C17H12BrNO2. The molecule has 0 unspecified atom stereocenters. The summed E-state index contributed by atoms with van der Waals surface area (Å²) in [7, 11) is 0. The third kappa shape index (κ3) is 2.81. The third-order valence-electron chi connectivity index (χ3n) is 3.42. The quantitative estimate of drug-likeness (QED) is 0.773. The van der Waals surface area contributed by atoms with Crippen LogP contribution in [0.15, 0.2) is 59.2 Å². The highest BCUT2D eigenvalue weighted by molar-refractivity contribution is 9.10. The Kier molecular flexibility index (Phi) is 3.71. The normalized spacial score (nSPS) is 10.7. The molecule has 21 heavy (non-hydrogen) atoms. The molecule has 3 aromatic rings. The van der Waals surface area contributed by atoms with Gasteiger partial charge in [-0.2, -0.15) is 0 Å². The summed E-state index contributed by atoms with van der Waals surface area (Å²) in [5.41, 5.74) is 3.11. The van der Waals surface area contributed by atoms with Crippen LogP contribution < -0.4 is 0 Å². The van der Waals surface area contributed by atoms with E-state index >= 15 is 0 Å². The third-order valence-corrected chi connectivity index (χ3v) is 3.92. The monoisotopic (exact) mass is 341 g/mol. The first kappa shape index (κ1) is 13.8. The minimum atomic E-state index is -0.912. The topological polar surface area (TPSA) is 50.2 Å². The second-order valence-corrected chi connectivity index (χ2v) is 5.69. The van der Waals surface area contributed by atoms with E-state index in [1.165, 1.54) is 0 Å². The Morgan fingerprint density at radius 2 is 1.90 bits per heavy atom. The van der Waals surface area contributed by atoms with Gasteiger partial charge in [0.15, 0.2) is 0 Å². The van der Waals surface area contributed by atoms with Crippen molar-refractivity contribution in [2.24, 2.45) is 0 Å². The molecule has 1 N–H and O–H groups in total. The van der Waals surface area contributed by atoms with E-state index in [9.17, 15) is 9.90 Å². The van der Waals surface area contributed by atoms with Crippen LogP contribution in [0.25, 0.3) is 10.9 Å². The van der Waals surface area contributed by atoms with E-state index in [-0.39, 0.29) is 0 Å². The highest BCUT2D eigenvalue weighted by Crippen LogP contribution is 2.23. The van der Waals surface area contributed by atoms with Crippen molar-refractivity contribution in [2.45, 2.75) is 6.42 Å². The molecule has 0 atom stereocenters. The minimum Gasteiger partial charge on any atom is -0.478 e. The number of hydrogen-bond donors (Lipinski definition) is 1. The number of pyridine rings is 1. The van der Waals surface area contributed by atoms with E-state index in [4.69, 9.17) is 0 Å². The average molecular weight is 342 g/mol. The van der Waals surface area contributed by atoms with Crippen molar-refractivity contribution in [2.75, 3.05) is 0 Å². The van der Waals surface area contributed by atoms with E-state index in [2.05, 4.69) is 20.9 Å². The Balaban J connectivity index is 2.09. The fourth-order valence-corrected chi connectivity index (χ4v) is 2.78.